The Labute approximate surface area is 192 Å². The van der Waals surface area contributed by atoms with Crippen LogP contribution >= 0.6 is 0 Å². The van der Waals surface area contributed by atoms with E-state index in [9.17, 15) is 9.90 Å². The molecule has 8 heteroatoms. The molecule has 0 radical (unpaired) electrons. The molecule has 1 amide bonds. The monoisotopic (exact) mass is 448 g/mol. The number of phenolic OH excluding ortho intramolecular Hbond substituents is 1. The lowest BCUT2D eigenvalue weighted by Gasteiger charge is -2.36. The van der Waals surface area contributed by atoms with Crippen molar-refractivity contribution in [3.63, 3.8) is 0 Å². The van der Waals surface area contributed by atoms with E-state index in [0.29, 0.717) is 24.8 Å². The van der Waals surface area contributed by atoms with Crippen molar-refractivity contribution in [1.82, 2.24) is 15.1 Å². The first-order valence-electron chi connectivity index (χ1n) is 11.5. The first kappa shape index (κ1) is 25.6. The number of carbonyl (C=O) groups excluding carboxylic acids is 1. The first-order valence-corrected chi connectivity index (χ1v) is 11.5. The van der Waals surface area contributed by atoms with Crippen LogP contribution in [-0.4, -0.2) is 72.4 Å². The Morgan fingerprint density at radius 1 is 1.28 bits per heavy atom. The normalized spacial score (nSPS) is 15.4. The van der Waals surface area contributed by atoms with Crippen molar-refractivity contribution in [1.29, 1.82) is 0 Å². The predicted molar refractivity (Wildman–Crippen MR) is 127 cm³/mol. The van der Waals surface area contributed by atoms with Crippen molar-refractivity contribution in [3.8, 4) is 11.5 Å². The lowest BCUT2D eigenvalue weighted by Crippen LogP contribution is -2.47. The minimum Gasteiger partial charge on any atom is -0.504 e. The van der Waals surface area contributed by atoms with Gasteiger partial charge in [-0.3, -0.25) is 0 Å². The molecule has 2 N–H and O–H groups in total. The zero-order chi connectivity index (χ0) is 23.7. The van der Waals surface area contributed by atoms with E-state index in [-0.39, 0.29) is 11.8 Å². The van der Waals surface area contributed by atoms with Crippen LogP contribution in [0, 0.1) is 5.92 Å². The number of amides is 1. The Morgan fingerprint density at radius 3 is 2.50 bits per heavy atom. The van der Waals surface area contributed by atoms with E-state index in [1.165, 1.54) is 7.11 Å². The molecule has 0 bridgehead atoms. The molecule has 1 aliphatic heterocycles. The van der Waals surface area contributed by atoms with Crippen molar-refractivity contribution in [2.75, 3.05) is 39.8 Å². The highest BCUT2D eigenvalue weighted by molar-refractivity contribution is 5.80. The van der Waals surface area contributed by atoms with Gasteiger partial charge in [-0.1, -0.05) is 6.07 Å². The molecule has 0 aromatic heterocycles. The van der Waals surface area contributed by atoms with Crippen LogP contribution in [0.1, 0.15) is 53.0 Å². The highest BCUT2D eigenvalue weighted by Crippen LogP contribution is 2.26. The predicted octanol–water partition coefficient (Wildman–Crippen LogP) is 3.84. The number of nitrogens with one attached hydrogen (secondary N) is 1. The summed E-state index contributed by atoms with van der Waals surface area (Å²) in [4.78, 5) is 21.3. The van der Waals surface area contributed by atoms with Crippen molar-refractivity contribution < 1.29 is 19.4 Å². The highest BCUT2D eigenvalue weighted by atomic mass is 16.6. The van der Waals surface area contributed by atoms with Gasteiger partial charge in [-0.2, -0.15) is 0 Å². The van der Waals surface area contributed by atoms with Crippen LogP contribution in [0.3, 0.4) is 0 Å². The number of benzene rings is 1. The van der Waals surface area contributed by atoms with Crippen LogP contribution < -0.4 is 10.1 Å². The molecule has 1 heterocycles. The number of aliphatic imine (C=N–C) groups is 1. The van der Waals surface area contributed by atoms with E-state index in [1.807, 2.05) is 33.8 Å². The molecule has 32 heavy (non-hydrogen) atoms. The number of likely N-dealkylation sites (tertiary alicyclic amines) is 1. The number of phenols is 1. The zero-order valence-electron chi connectivity index (χ0n) is 20.5. The fraction of sp³-hybridized carbons (Fsp3) is 0.667. The van der Waals surface area contributed by atoms with E-state index in [4.69, 9.17) is 14.5 Å². The van der Waals surface area contributed by atoms with Gasteiger partial charge in [-0.15, -0.1) is 0 Å². The number of methoxy groups -OCH3 is 1. The maximum absolute atomic E-state index is 12.4. The van der Waals surface area contributed by atoms with E-state index in [0.717, 1.165) is 50.5 Å². The quantitative estimate of drug-likeness (QED) is 0.487. The van der Waals surface area contributed by atoms with Gasteiger partial charge in [0.1, 0.15) is 5.60 Å². The summed E-state index contributed by atoms with van der Waals surface area (Å²) in [5.74, 6) is 1.90. The van der Waals surface area contributed by atoms with Gasteiger partial charge in [0, 0.05) is 32.7 Å². The SMILES string of the molecule is CCNC(=NCc1ccc(OC)c(O)c1)N1CCC(CN(CC)C(=O)OC(C)(C)C)CC1. The number of hydrogen-bond donors (Lipinski definition) is 2. The first-order chi connectivity index (χ1) is 15.2. The Hall–Kier alpha value is -2.64. The average Bonchev–Trinajstić information content (AvgIpc) is 2.74. The lowest BCUT2D eigenvalue weighted by molar-refractivity contribution is 0.0214. The topological polar surface area (TPSA) is 86.6 Å². The van der Waals surface area contributed by atoms with Crippen LogP contribution in [0.5, 0.6) is 11.5 Å². The van der Waals surface area contributed by atoms with Crippen LogP contribution in [-0.2, 0) is 11.3 Å². The molecule has 0 saturated carbocycles. The number of rotatable bonds is 7. The van der Waals surface area contributed by atoms with E-state index in [2.05, 4.69) is 17.1 Å². The van der Waals surface area contributed by atoms with Gasteiger partial charge >= 0.3 is 6.09 Å². The number of piperidine rings is 1. The summed E-state index contributed by atoms with van der Waals surface area (Å²) in [6.45, 7) is 14.1. The Bertz CT molecular complexity index is 768. The van der Waals surface area contributed by atoms with E-state index < -0.39 is 5.60 Å². The van der Waals surface area contributed by atoms with Crippen LogP contribution in [0.15, 0.2) is 23.2 Å². The Kier molecular flexibility index (Phi) is 9.47. The molecule has 0 spiro atoms. The van der Waals surface area contributed by atoms with E-state index >= 15 is 0 Å². The summed E-state index contributed by atoms with van der Waals surface area (Å²) in [5.41, 5.74) is 0.440. The second-order valence-corrected chi connectivity index (χ2v) is 9.13. The minimum atomic E-state index is -0.480. The molecule has 1 aromatic carbocycles. The van der Waals surface area contributed by atoms with Gasteiger partial charge in [0.25, 0.3) is 0 Å². The van der Waals surface area contributed by atoms with Crippen molar-refractivity contribution >= 4 is 12.1 Å². The average molecular weight is 449 g/mol. The standard InChI is InChI=1S/C24H40N4O4/c1-7-25-22(26-16-19-9-10-21(31-6)20(29)15-19)28-13-11-18(12-14-28)17-27(8-2)23(30)32-24(3,4)5/h9-10,15,18,29H,7-8,11-14,16-17H2,1-6H3,(H,25,26). The molecule has 0 aliphatic carbocycles. The van der Waals surface area contributed by atoms with Crippen LogP contribution in [0.4, 0.5) is 4.79 Å². The summed E-state index contributed by atoms with van der Waals surface area (Å²) in [6, 6.07) is 5.35. The van der Waals surface area contributed by atoms with Gasteiger partial charge in [-0.05, 0) is 71.1 Å². The molecule has 0 unspecified atom stereocenters. The number of carbonyl (C=O) groups is 1. The van der Waals surface area contributed by atoms with Crippen molar-refractivity contribution in [2.45, 2.75) is 59.6 Å². The van der Waals surface area contributed by atoms with Crippen molar-refractivity contribution in [3.05, 3.63) is 23.8 Å². The summed E-state index contributed by atoms with van der Waals surface area (Å²) in [6.07, 6.45) is 1.75. The third-order valence-corrected chi connectivity index (χ3v) is 5.42. The highest BCUT2D eigenvalue weighted by Gasteiger charge is 2.27. The smallest absolute Gasteiger partial charge is 0.410 e. The van der Waals surface area contributed by atoms with Gasteiger partial charge in [0.2, 0.25) is 0 Å². The molecule has 1 aliphatic rings. The van der Waals surface area contributed by atoms with Gasteiger partial charge in [-0.25, -0.2) is 9.79 Å². The van der Waals surface area contributed by atoms with Gasteiger partial charge in [0.05, 0.1) is 13.7 Å². The second kappa shape index (κ2) is 11.8. The van der Waals surface area contributed by atoms with Gasteiger partial charge < -0.3 is 29.7 Å². The fourth-order valence-corrected chi connectivity index (χ4v) is 3.72. The number of nitrogens with zero attached hydrogens (tertiary/aromatic N) is 3. The lowest BCUT2D eigenvalue weighted by atomic mass is 9.96. The minimum absolute atomic E-state index is 0.122. The van der Waals surface area contributed by atoms with E-state index in [1.54, 1.807) is 17.0 Å². The van der Waals surface area contributed by atoms with Crippen molar-refractivity contribution in [2.24, 2.45) is 10.9 Å². The molecule has 8 nitrogen and oxygen atoms in total. The molecular weight excluding hydrogens is 408 g/mol. The summed E-state index contributed by atoms with van der Waals surface area (Å²) >= 11 is 0. The fourth-order valence-electron chi connectivity index (χ4n) is 3.72. The van der Waals surface area contributed by atoms with Gasteiger partial charge in [0.15, 0.2) is 17.5 Å². The second-order valence-electron chi connectivity index (χ2n) is 9.13. The number of hydrogen-bond acceptors (Lipinski definition) is 5. The maximum Gasteiger partial charge on any atom is 0.410 e. The Balaban J connectivity index is 1.94. The third kappa shape index (κ3) is 7.80. The molecule has 1 fully saturated rings. The molecule has 2 rings (SSSR count). The summed E-state index contributed by atoms with van der Waals surface area (Å²) in [7, 11) is 1.53. The Morgan fingerprint density at radius 2 is 1.97 bits per heavy atom. The molecule has 180 valence electrons. The van der Waals surface area contributed by atoms with Crippen LogP contribution in [0.25, 0.3) is 0 Å². The van der Waals surface area contributed by atoms with Crippen LogP contribution in [0.2, 0.25) is 0 Å². The molecule has 0 atom stereocenters. The third-order valence-electron chi connectivity index (χ3n) is 5.42. The maximum atomic E-state index is 12.4. The molecule has 1 saturated heterocycles. The zero-order valence-corrected chi connectivity index (χ0v) is 20.5. The summed E-state index contributed by atoms with van der Waals surface area (Å²) in [5, 5.41) is 13.4. The number of aromatic hydroxyl groups is 1. The molecule has 1 aromatic rings. The number of ether oxygens (including phenoxy) is 2. The largest absolute Gasteiger partial charge is 0.504 e. The number of guanidine groups is 1. The summed E-state index contributed by atoms with van der Waals surface area (Å²) < 4.78 is 10.6. The molecular formula is C24H40N4O4.